The molecule has 1 amide bonds. The maximum absolute atomic E-state index is 12.1. The highest BCUT2D eigenvalue weighted by Crippen LogP contribution is 2.50. The Morgan fingerprint density at radius 3 is 2.64 bits per heavy atom. The van der Waals surface area contributed by atoms with Gasteiger partial charge in [-0.05, 0) is 57.4 Å². The first-order valence-corrected chi connectivity index (χ1v) is 9.54. The number of likely N-dealkylation sites (tertiary alicyclic amines) is 1. The predicted octanol–water partition coefficient (Wildman–Crippen LogP) is 3.54. The summed E-state index contributed by atoms with van der Waals surface area (Å²) in [4.78, 5) is 26.0. The first kappa shape index (κ1) is 18.5. The van der Waals surface area contributed by atoms with Gasteiger partial charge in [0, 0.05) is 24.7 Å². The Labute approximate surface area is 163 Å². The lowest BCUT2D eigenvalue weighted by molar-refractivity contribution is -0.0207. The summed E-state index contributed by atoms with van der Waals surface area (Å²) in [5, 5.41) is 4.22. The average molecular weight is 383 g/mol. The van der Waals surface area contributed by atoms with Gasteiger partial charge in [-0.15, -0.1) is 0 Å². The van der Waals surface area contributed by atoms with Crippen LogP contribution in [0.4, 0.5) is 4.79 Å². The van der Waals surface area contributed by atoms with E-state index in [1.54, 1.807) is 22.5 Å². The summed E-state index contributed by atoms with van der Waals surface area (Å²) in [7, 11) is 0. The van der Waals surface area contributed by atoms with E-state index in [0.717, 1.165) is 17.5 Å². The van der Waals surface area contributed by atoms with Crippen LogP contribution in [-0.2, 0) is 9.47 Å². The molecule has 0 unspecified atom stereocenters. The first-order valence-electron chi connectivity index (χ1n) is 9.54. The molecule has 2 aromatic rings. The van der Waals surface area contributed by atoms with Crippen molar-refractivity contribution < 1.29 is 19.1 Å². The van der Waals surface area contributed by atoms with Crippen LogP contribution in [0.2, 0.25) is 0 Å². The van der Waals surface area contributed by atoms with Crippen LogP contribution in [0, 0.1) is 5.41 Å². The normalized spacial score (nSPS) is 17.7. The monoisotopic (exact) mass is 383 g/mol. The van der Waals surface area contributed by atoms with Crippen LogP contribution >= 0.6 is 0 Å². The van der Waals surface area contributed by atoms with Gasteiger partial charge in [-0.25, -0.2) is 14.1 Å². The van der Waals surface area contributed by atoms with Crippen molar-refractivity contribution in [2.24, 2.45) is 5.41 Å². The van der Waals surface area contributed by atoms with Crippen LogP contribution in [0.1, 0.15) is 50.0 Å². The lowest BCUT2D eigenvalue weighted by Gasteiger charge is -2.53. The maximum atomic E-state index is 12.1. The standard InChI is InChI=1S/C21H25N3O4/c1-5-27-18(25)16-11-22-24-7-6-14(8-17(16)24)15-9-21(10-15)12-23(13-21)19(26)28-20(2,3)4/h6-9,11H,5,10,12-13H2,1-4H3. The summed E-state index contributed by atoms with van der Waals surface area (Å²) in [6.07, 6.45) is 6.29. The fraction of sp³-hybridized carbons (Fsp3) is 0.476. The van der Waals surface area contributed by atoms with Gasteiger partial charge in [0.25, 0.3) is 0 Å². The van der Waals surface area contributed by atoms with E-state index in [4.69, 9.17) is 9.47 Å². The zero-order chi connectivity index (χ0) is 20.1. The summed E-state index contributed by atoms with van der Waals surface area (Å²) in [6, 6.07) is 3.97. The summed E-state index contributed by atoms with van der Waals surface area (Å²) in [6.45, 7) is 9.12. The number of hydrogen-bond acceptors (Lipinski definition) is 5. The molecule has 0 bridgehead atoms. The number of nitrogens with zero attached hydrogens (tertiary/aromatic N) is 3. The third kappa shape index (κ3) is 3.25. The second kappa shape index (κ2) is 6.36. The Bertz CT molecular complexity index is 977. The Morgan fingerprint density at radius 2 is 2.00 bits per heavy atom. The number of allylic oxidation sites excluding steroid dienone is 1. The highest BCUT2D eigenvalue weighted by atomic mass is 16.6. The molecule has 28 heavy (non-hydrogen) atoms. The summed E-state index contributed by atoms with van der Waals surface area (Å²) in [5.74, 6) is -0.360. The molecule has 7 nitrogen and oxygen atoms in total. The Kier molecular flexibility index (Phi) is 4.21. The van der Waals surface area contributed by atoms with Gasteiger partial charge in [-0.1, -0.05) is 6.08 Å². The topological polar surface area (TPSA) is 73.1 Å². The van der Waals surface area contributed by atoms with Crippen molar-refractivity contribution in [1.82, 2.24) is 14.5 Å². The molecule has 3 heterocycles. The fourth-order valence-electron chi connectivity index (χ4n) is 3.82. The zero-order valence-corrected chi connectivity index (χ0v) is 16.7. The van der Waals surface area contributed by atoms with Crippen molar-refractivity contribution in [3.05, 3.63) is 41.7 Å². The third-order valence-electron chi connectivity index (χ3n) is 5.07. The second-order valence-electron chi connectivity index (χ2n) is 8.57. The molecule has 7 heteroatoms. The molecular weight excluding hydrogens is 358 g/mol. The van der Waals surface area contributed by atoms with Crippen LogP contribution in [0.5, 0.6) is 0 Å². The minimum atomic E-state index is -0.474. The van der Waals surface area contributed by atoms with E-state index < -0.39 is 5.60 Å². The first-order chi connectivity index (χ1) is 13.2. The highest BCUT2D eigenvalue weighted by molar-refractivity contribution is 5.97. The van der Waals surface area contributed by atoms with Gasteiger partial charge in [0.1, 0.15) is 11.2 Å². The molecule has 2 aliphatic rings. The van der Waals surface area contributed by atoms with E-state index in [1.807, 2.05) is 39.1 Å². The highest BCUT2D eigenvalue weighted by Gasteiger charge is 2.50. The number of carbonyl (C=O) groups excluding carboxylic acids is 2. The number of carbonyl (C=O) groups is 2. The molecule has 0 aromatic carbocycles. The van der Waals surface area contributed by atoms with Gasteiger partial charge in [-0.3, -0.25) is 0 Å². The number of hydrogen-bond donors (Lipinski definition) is 0. The Hall–Kier alpha value is -2.83. The number of aromatic nitrogens is 2. The van der Waals surface area contributed by atoms with Crippen molar-refractivity contribution in [2.45, 2.75) is 39.7 Å². The van der Waals surface area contributed by atoms with Gasteiger partial charge >= 0.3 is 12.1 Å². The molecule has 1 spiro atoms. The predicted molar refractivity (Wildman–Crippen MR) is 104 cm³/mol. The molecular formula is C21H25N3O4. The maximum Gasteiger partial charge on any atom is 0.410 e. The van der Waals surface area contributed by atoms with E-state index in [2.05, 4.69) is 11.2 Å². The third-order valence-corrected chi connectivity index (χ3v) is 5.07. The van der Waals surface area contributed by atoms with E-state index in [-0.39, 0.29) is 17.5 Å². The average Bonchev–Trinajstić information content (AvgIpc) is 2.94. The molecule has 0 saturated carbocycles. The fourth-order valence-corrected chi connectivity index (χ4v) is 3.82. The molecule has 1 saturated heterocycles. The minimum Gasteiger partial charge on any atom is -0.462 e. The van der Waals surface area contributed by atoms with Crippen LogP contribution in [-0.4, -0.2) is 51.9 Å². The molecule has 4 rings (SSSR count). The Morgan fingerprint density at radius 1 is 1.29 bits per heavy atom. The van der Waals surface area contributed by atoms with Crippen molar-refractivity contribution in [2.75, 3.05) is 19.7 Å². The van der Waals surface area contributed by atoms with Crippen LogP contribution in [0.15, 0.2) is 30.6 Å². The number of pyridine rings is 1. The summed E-state index contributed by atoms with van der Waals surface area (Å²) < 4.78 is 12.2. The molecule has 1 aliphatic carbocycles. The van der Waals surface area contributed by atoms with Gasteiger partial charge < -0.3 is 14.4 Å². The largest absolute Gasteiger partial charge is 0.462 e. The SMILES string of the molecule is CCOC(=O)c1cnn2ccc(C3=CC4(C3)CN(C(=O)OC(C)(C)C)C4)cc12. The molecule has 1 fully saturated rings. The van der Waals surface area contributed by atoms with Crippen molar-refractivity contribution in [3.63, 3.8) is 0 Å². The quantitative estimate of drug-likeness (QED) is 0.758. The number of rotatable bonds is 3. The molecule has 148 valence electrons. The van der Waals surface area contributed by atoms with Gasteiger partial charge in [0.05, 0.1) is 18.3 Å². The molecule has 1 aliphatic heterocycles. The van der Waals surface area contributed by atoms with Crippen molar-refractivity contribution >= 4 is 23.2 Å². The molecule has 2 aromatic heterocycles. The number of amides is 1. The molecule has 0 atom stereocenters. The number of fused-ring (bicyclic) bond motifs is 1. The van der Waals surface area contributed by atoms with E-state index >= 15 is 0 Å². The van der Waals surface area contributed by atoms with Crippen LogP contribution < -0.4 is 0 Å². The minimum absolute atomic E-state index is 0.0581. The van der Waals surface area contributed by atoms with Gasteiger partial charge in [0.15, 0.2) is 0 Å². The smallest absolute Gasteiger partial charge is 0.410 e. The summed E-state index contributed by atoms with van der Waals surface area (Å²) >= 11 is 0. The lowest BCUT2D eigenvalue weighted by Crippen LogP contribution is -2.60. The lowest BCUT2D eigenvalue weighted by atomic mass is 9.64. The van der Waals surface area contributed by atoms with E-state index in [9.17, 15) is 9.59 Å². The van der Waals surface area contributed by atoms with Gasteiger partial charge in [-0.2, -0.15) is 5.10 Å². The molecule has 0 radical (unpaired) electrons. The number of ether oxygens (including phenoxy) is 2. The summed E-state index contributed by atoms with van der Waals surface area (Å²) in [5.41, 5.74) is 3.09. The van der Waals surface area contributed by atoms with Crippen LogP contribution in [0.3, 0.4) is 0 Å². The van der Waals surface area contributed by atoms with Gasteiger partial charge in [0.2, 0.25) is 0 Å². The molecule has 0 N–H and O–H groups in total. The Balaban J connectivity index is 1.47. The van der Waals surface area contributed by atoms with Crippen molar-refractivity contribution in [1.29, 1.82) is 0 Å². The zero-order valence-electron chi connectivity index (χ0n) is 16.7. The van der Waals surface area contributed by atoms with E-state index in [0.29, 0.717) is 25.3 Å². The second-order valence-corrected chi connectivity index (χ2v) is 8.57. The van der Waals surface area contributed by atoms with Crippen molar-refractivity contribution in [3.8, 4) is 0 Å². The van der Waals surface area contributed by atoms with E-state index in [1.165, 1.54) is 5.57 Å². The van der Waals surface area contributed by atoms with Crippen LogP contribution in [0.25, 0.3) is 11.1 Å². The number of esters is 1.